The molecule has 1 fully saturated rings. The maximum atomic E-state index is 12.3. The first-order valence-electron chi connectivity index (χ1n) is 6.39. The first-order chi connectivity index (χ1) is 9.46. The molecule has 1 aromatic heterocycles. The molecular weight excluding hydrogens is 271 g/mol. The third-order valence-electron chi connectivity index (χ3n) is 3.25. The number of halogens is 3. The van der Waals surface area contributed by atoms with Crippen LogP contribution in [-0.4, -0.2) is 53.7 Å². The molecule has 1 aromatic rings. The van der Waals surface area contributed by atoms with E-state index in [4.69, 9.17) is 5.84 Å². The van der Waals surface area contributed by atoms with Gasteiger partial charge in [-0.1, -0.05) is 6.07 Å². The molecule has 1 aliphatic heterocycles. The number of rotatable bonds is 4. The lowest BCUT2D eigenvalue weighted by atomic mass is 10.2. The Labute approximate surface area is 115 Å². The van der Waals surface area contributed by atoms with Gasteiger partial charge in [0, 0.05) is 38.9 Å². The van der Waals surface area contributed by atoms with Gasteiger partial charge in [-0.05, 0) is 11.6 Å². The van der Waals surface area contributed by atoms with Crippen LogP contribution < -0.4 is 11.3 Å². The zero-order valence-electron chi connectivity index (χ0n) is 11.0. The number of piperazine rings is 1. The largest absolute Gasteiger partial charge is 0.401 e. The molecule has 1 saturated heterocycles. The van der Waals surface area contributed by atoms with Crippen LogP contribution in [0.5, 0.6) is 0 Å². The Hall–Kier alpha value is -1.38. The number of nitrogens with one attached hydrogen (secondary N) is 1. The summed E-state index contributed by atoms with van der Waals surface area (Å²) in [4.78, 5) is 7.67. The Balaban J connectivity index is 1.79. The fourth-order valence-corrected chi connectivity index (χ4v) is 2.22. The third kappa shape index (κ3) is 4.62. The number of nitrogens with zero attached hydrogens (tertiary/aromatic N) is 3. The summed E-state index contributed by atoms with van der Waals surface area (Å²) in [5.41, 5.74) is 3.47. The predicted octanol–water partition coefficient (Wildman–Crippen LogP) is 1.05. The number of alkyl halides is 3. The van der Waals surface area contributed by atoms with E-state index in [9.17, 15) is 13.2 Å². The van der Waals surface area contributed by atoms with Gasteiger partial charge < -0.3 is 5.43 Å². The van der Waals surface area contributed by atoms with Gasteiger partial charge in [-0.15, -0.1) is 0 Å². The summed E-state index contributed by atoms with van der Waals surface area (Å²) in [5, 5.41) is 0. The number of anilines is 1. The second kappa shape index (κ2) is 6.38. The average Bonchev–Trinajstić information content (AvgIpc) is 2.40. The fraction of sp³-hybridized carbons (Fsp3) is 0.583. The number of aromatic nitrogens is 1. The molecule has 2 heterocycles. The molecule has 0 spiro atoms. The molecule has 112 valence electrons. The molecule has 0 atom stereocenters. The minimum atomic E-state index is -4.11. The number of hydrazine groups is 1. The van der Waals surface area contributed by atoms with Gasteiger partial charge in [0.05, 0.1) is 6.54 Å². The van der Waals surface area contributed by atoms with Gasteiger partial charge in [-0.25, -0.2) is 10.8 Å². The number of hydrogen-bond donors (Lipinski definition) is 2. The highest BCUT2D eigenvalue weighted by Crippen LogP contribution is 2.18. The van der Waals surface area contributed by atoms with Crippen molar-refractivity contribution < 1.29 is 13.2 Å². The van der Waals surface area contributed by atoms with Gasteiger partial charge >= 0.3 is 6.18 Å². The summed E-state index contributed by atoms with van der Waals surface area (Å²) in [7, 11) is 0. The van der Waals surface area contributed by atoms with Crippen molar-refractivity contribution in [3.8, 4) is 0 Å². The van der Waals surface area contributed by atoms with Gasteiger partial charge in [-0.2, -0.15) is 13.2 Å². The first-order valence-corrected chi connectivity index (χ1v) is 6.39. The van der Waals surface area contributed by atoms with Crippen LogP contribution >= 0.6 is 0 Å². The third-order valence-corrected chi connectivity index (χ3v) is 3.25. The van der Waals surface area contributed by atoms with Crippen molar-refractivity contribution in [3.05, 3.63) is 23.9 Å². The van der Waals surface area contributed by atoms with Crippen LogP contribution in [0.2, 0.25) is 0 Å². The Morgan fingerprint density at radius 2 is 1.80 bits per heavy atom. The lowest BCUT2D eigenvalue weighted by Crippen LogP contribution is -2.48. The predicted molar refractivity (Wildman–Crippen MR) is 69.8 cm³/mol. The monoisotopic (exact) mass is 289 g/mol. The van der Waals surface area contributed by atoms with Gasteiger partial charge in [0.1, 0.15) is 5.82 Å². The lowest BCUT2D eigenvalue weighted by Gasteiger charge is -2.34. The maximum Gasteiger partial charge on any atom is 0.401 e. The molecule has 8 heteroatoms. The summed E-state index contributed by atoms with van der Waals surface area (Å²) in [5.74, 6) is 5.82. The number of hydrogen-bond acceptors (Lipinski definition) is 5. The number of pyridine rings is 1. The van der Waals surface area contributed by atoms with E-state index in [1.165, 1.54) is 4.90 Å². The van der Waals surface area contributed by atoms with Crippen molar-refractivity contribution in [2.75, 3.05) is 38.1 Å². The van der Waals surface area contributed by atoms with Gasteiger partial charge in [0.2, 0.25) is 0 Å². The van der Waals surface area contributed by atoms with Crippen LogP contribution in [0.1, 0.15) is 5.56 Å². The summed E-state index contributed by atoms with van der Waals surface area (Å²) in [6.07, 6.45) is -2.39. The van der Waals surface area contributed by atoms with Crippen LogP contribution in [0.15, 0.2) is 18.3 Å². The van der Waals surface area contributed by atoms with Crippen molar-refractivity contribution >= 4 is 5.82 Å². The maximum absolute atomic E-state index is 12.3. The van der Waals surface area contributed by atoms with Crippen LogP contribution in [-0.2, 0) is 6.54 Å². The molecule has 0 radical (unpaired) electrons. The summed E-state index contributed by atoms with van der Waals surface area (Å²) >= 11 is 0. The zero-order valence-corrected chi connectivity index (χ0v) is 11.0. The molecule has 0 bridgehead atoms. The molecule has 0 aliphatic carbocycles. The molecule has 5 nitrogen and oxygen atoms in total. The second-order valence-electron chi connectivity index (χ2n) is 4.86. The molecule has 0 saturated carbocycles. The molecule has 3 N–H and O–H groups in total. The minimum absolute atomic E-state index is 0.440. The van der Waals surface area contributed by atoms with Crippen molar-refractivity contribution in [1.82, 2.24) is 14.8 Å². The van der Waals surface area contributed by atoms with Crippen LogP contribution in [0.3, 0.4) is 0 Å². The molecule has 20 heavy (non-hydrogen) atoms. The topological polar surface area (TPSA) is 57.4 Å². The van der Waals surface area contributed by atoms with Crippen molar-refractivity contribution in [2.45, 2.75) is 12.7 Å². The van der Waals surface area contributed by atoms with Crippen molar-refractivity contribution in [1.29, 1.82) is 0 Å². The van der Waals surface area contributed by atoms with Gasteiger partial charge in [0.25, 0.3) is 0 Å². The van der Waals surface area contributed by atoms with Crippen molar-refractivity contribution in [2.24, 2.45) is 5.84 Å². The highest BCUT2D eigenvalue weighted by Gasteiger charge is 2.32. The standard InChI is InChI=1S/C12H18F3N5/c13-12(14,15)9-20-5-3-19(4-6-20)8-10-1-2-11(18-16)17-7-10/h1-2,7H,3-6,8-9,16H2,(H,17,18). The molecular formula is C12H18F3N5. The zero-order chi connectivity index (χ0) is 14.6. The normalized spacial score (nSPS) is 18.2. The molecule has 0 unspecified atom stereocenters. The van der Waals surface area contributed by atoms with E-state index in [1.54, 1.807) is 12.3 Å². The Morgan fingerprint density at radius 3 is 2.30 bits per heavy atom. The molecule has 2 rings (SSSR count). The Kier molecular flexibility index (Phi) is 4.79. The Bertz CT molecular complexity index is 412. The molecule has 0 aromatic carbocycles. The summed E-state index contributed by atoms with van der Waals surface area (Å²) in [6.45, 7) is 2.02. The minimum Gasteiger partial charge on any atom is -0.308 e. The van der Waals surface area contributed by atoms with E-state index >= 15 is 0 Å². The smallest absolute Gasteiger partial charge is 0.308 e. The van der Waals surface area contributed by atoms with Crippen LogP contribution in [0.4, 0.5) is 19.0 Å². The van der Waals surface area contributed by atoms with Crippen molar-refractivity contribution in [3.63, 3.8) is 0 Å². The van der Waals surface area contributed by atoms with E-state index in [0.717, 1.165) is 5.56 Å². The SMILES string of the molecule is NNc1ccc(CN2CCN(CC(F)(F)F)CC2)cn1. The number of nitrogen functional groups attached to an aromatic ring is 1. The van der Waals surface area contributed by atoms with E-state index in [2.05, 4.69) is 15.3 Å². The Morgan fingerprint density at radius 1 is 1.15 bits per heavy atom. The molecule has 1 aliphatic rings. The highest BCUT2D eigenvalue weighted by atomic mass is 19.4. The lowest BCUT2D eigenvalue weighted by molar-refractivity contribution is -0.149. The average molecular weight is 289 g/mol. The van der Waals surface area contributed by atoms with Crippen LogP contribution in [0.25, 0.3) is 0 Å². The number of nitrogens with two attached hydrogens (primary N) is 1. The summed E-state index contributed by atoms with van der Waals surface area (Å²) in [6, 6.07) is 3.68. The van der Waals surface area contributed by atoms with Crippen LogP contribution in [0, 0.1) is 0 Å². The second-order valence-corrected chi connectivity index (χ2v) is 4.86. The highest BCUT2D eigenvalue weighted by molar-refractivity contribution is 5.33. The summed E-state index contributed by atoms with van der Waals surface area (Å²) < 4.78 is 36.8. The fourth-order valence-electron chi connectivity index (χ4n) is 2.22. The van der Waals surface area contributed by atoms with E-state index in [-0.39, 0.29) is 0 Å². The van der Waals surface area contributed by atoms with Gasteiger partial charge in [0.15, 0.2) is 0 Å². The van der Waals surface area contributed by atoms with E-state index < -0.39 is 12.7 Å². The van der Waals surface area contributed by atoms with E-state index in [1.807, 2.05) is 6.07 Å². The quantitative estimate of drug-likeness (QED) is 0.641. The first kappa shape index (κ1) is 15.0. The van der Waals surface area contributed by atoms with Gasteiger partial charge in [-0.3, -0.25) is 9.80 Å². The molecule has 0 amide bonds. The van der Waals surface area contributed by atoms with E-state index in [0.29, 0.717) is 38.5 Å².